The molecule has 1 fully saturated rings. The van der Waals surface area contributed by atoms with Gasteiger partial charge >= 0.3 is 0 Å². The maximum Gasteiger partial charge on any atom is 0.0781 e. The molecule has 1 saturated heterocycles. The number of aliphatic hydroxyl groups excluding tert-OH is 2. The minimum absolute atomic E-state index is 0.139. The Bertz CT molecular complexity index is 87.8. The third kappa shape index (κ3) is 33.5. The van der Waals surface area contributed by atoms with Crippen molar-refractivity contribution in [3.63, 3.8) is 0 Å². The quantitative estimate of drug-likeness (QED) is 0.462. The van der Waals surface area contributed by atoms with Crippen molar-refractivity contribution in [2.45, 2.75) is 33.0 Å². The van der Waals surface area contributed by atoms with Crippen LogP contribution in [0.15, 0.2) is 12.7 Å². The number of aliphatic hydroxyl groups is 2. The van der Waals surface area contributed by atoms with Crippen LogP contribution < -0.4 is 0 Å². The summed E-state index contributed by atoms with van der Waals surface area (Å²) >= 11 is 0. The third-order valence-corrected chi connectivity index (χ3v) is 0.764. The highest BCUT2D eigenvalue weighted by Gasteiger charge is 2.13. The Kier molecular flexibility index (Phi) is 12.5. The first-order chi connectivity index (χ1) is 5.58. The number of ether oxygens (including phenoxy) is 1. The minimum Gasteiger partial charge on any atom is -0.394 e. The number of epoxide rings is 1. The van der Waals surface area contributed by atoms with Gasteiger partial charge in [-0.2, -0.15) is 0 Å². The van der Waals surface area contributed by atoms with Gasteiger partial charge in [0.25, 0.3) is 0 Å². The Morgan fingerprint density at radius 3 is 1.92 bits per heavy atom. The SMILES string of the molecule is C=CC.CC(O)CO.CC1CO1. The second kappa shape index (κ2) is 10.6. The van der Waals surface area contributed by atoms with Gasteiger partial charge in [-0.05, 0) is 20.8 Å². The third-order valence-electron chi connectivity index (χ3n) is 0.764. The van der Waals surface area contributed by atoms with Gasteiger partial charge in [-0.25, -0.2) is 0 Å². The van der Waals surface area contributed by atoms with Crippen LogP contribution in [0, 0.1) is 0 Å². The van der Waals surface area contributed by atoms with E-state index < -0.39 is 6.10 Å². The topological polar surface area (TPSA) is 53.0 Å². The predicted octanol–water partition coefficient (Wildman–Crippen LogP) is 0.957. The van der Waals surface area contributed by atoms with Crippen molar-refractivity contribution in [3.05, 3.63) is 12.7 Å². The number of hydrogen-bond donors (Lipinski definition) is 2. The fourth-order valence-corrected chi connectivity index (χ4v) is 0.0962. The molecule has 3 nitrogen and oxygen atoms in total. The molecular formula is C9H20O3. The van der Waals surface area contributed by atoms with Crippen LogP contribution in [-0.4, -0.2) is 35.6 Å². The summed E-state index contributed by atoms with van der Waals surface area (Å²) in [7, 11) is 0. The molecule has 1 aliphatic rings. The highest BCUT2D eigenvalue weighted by atomic mass is 16.6. The maximum absolute atomic E-state index is 8.11. The largest absolute Gasteiger partial charge is 0.394 e. The van der Waals surface area contributed by atoms with Crippen molar-refractivity contribution in [2.24, 2.45) is 0 Å². The molecule has 2 N–H and O–H groups in total. The zero-order valence-corrected chi connectivity index (χ0v) is 8.16. The number of rotatable bonds is 1. The van der Waals surface area contributed by atoms with Crippen LogP contribution in [0.25, 0.3) is 0 Å². The van der Waals surface area contributed by atoms with E-state index in [9.17, 15) is 0 Å². The van der Waals surface area contributed by atoms with E-state index in [0.29, 0.717) is 6.10 Å². The zero-order chi connectivity index (χ0) is 9.98. The van der Waals surface area contributed by atoms with Gasteiger partial charge < -0.3 is 14.9 Å². The average molecular weight is 176 g/mol. The summed E-state index contributed by atoms with van der Waals surface area (Å²) in [6.07, 6.45) is 1.77. The van der Waals surface area contributed by atoms with Gasteiger partial charge in [0, 0.05) is 0 Å². The van der Waals surface area contributed by atoms with Crippen molar-refractivity contribution >= 4 is 0 Å². The summed E-state index contributed by atoms with van der Waals surface area (Å²) in [4.78, 5) is 0. The van der Waals surface area contributed by atoms with E-state index in [0.717, 1.165) is 6.61 Å². The lowest BCUT2D eigenvalue weighted by Gasteiger charge is -1.90. The molecule has 0 spiro atoms. The molecular weight excluding hydrogens is 156 g/mol. The van der Waals surface area contributed by atoms with Gasteiger partial charge in [-0.3, -0.25) is 0 Å². The lowest BCUT2D eigenvalue weighted by molar-refractivity contribution is 0.110. The first-order valence-electron chi connectivity index (χ1n) is 4.06. The Morgan fingerprint density at radius 1 is 1.75 bits per heavy atom. The minimum atomic E-state index is -0.560. The Balaban J connectivity index is 0. The second-order valence-electron chi connectivity index (χ2n) is 2.58. The molecule has 12 heavy (non-hydrogen) atoms. The Morgan fingerprint density at radius 2 is 1.92 bits per heavy atom. The number of allylic oxidation sites excluding steroid dienone is 1. The van der Waals surface area contributed by atoms with Crippen molar-refractivity contribution in [1.82, 2.24) is 0 Å². The molecule has 1 rings (SSSR count). The van der Waals surface area contributed by atoms with Crippen LogP contribution in [-0.2, 0) is 4.74 Å². The summed E-state index contributed by atoms with van der Waals surface area (Å²) in [6, 6.07) is 0. The second-order valence-corrected chi connectivity index (χ2v) is 2.58. The molecule has 1 aliphatic heterocycles. The van der Waals surface area contributed by atoms with Crippen LogP contribution >= 0.6 is 0 Å². The molecule has 74 valence electrons. The van der Waals surface area contributed by atoms with Gasteiger partial charge in [0.05, 0.1) is 25.4 Å². The standard InChI is InChI=1S/C3H8O2.C3H6O.C3H6/c1-3(5)2-4;1-3-2-4-3;1-3-2/h3-5H,2H2,1H3;3H,2H2,1H3;3H,1H2,2H3. The van der Waals surface area contributed by atoms with E-state index in [1.807, 2.05) is 6.92 Å². The first kappa shape index (κ1) is 14.2. The summed E-state index contributed by atoms with van der Waals surface area (Å²) in [5, 5.41) is 16.0. The van der Waals surface area contributed by atoms with Crippen molar-refractivity contribution < 1.29 is 14.9 Å². The van der Waals surface area contributed by atoms with Crippen molar-refractivity contribution in [1.29, 1.82) is 0 Å². The summed E-state index contributed by atoms with van der Waals surface area (Å²) in [5.41, 5.74) is 0. The van der Waals surface area contributed by atoms with Gasteiger partial charge in [0.2, 0.25) is 0 Å². The van der Waals surface area contributed by atoms with Crippen LogP contribution in [0.4, 0.5) is 0 Å². The molecule has 0 amide bonds. The highest BCUT2D eigenvalue weighted by molar-refractivity contribution is 4.58. The molecule has 0 aromatic rings. The normalized spacial score (nSPS) is 20.6. The van der Waals surface area contributed by atoms with Gasteiger partial charge in [0.1, 0.15) is 0 Å². The average Bonchev–Trinajstić information content (AvgIpc) is 2.75. The molecule has 0 bridgehead atoms. The first-order valence-corrected chi connectivity index (χ1v) is 4.06. The fourth-order valence-electron chi connectivity index (χ4n) is 0.0962. The summed E-state index contributed by atoms with van der Waals surface area (Å²) in [5.74, 6) is 0. The maximum atomic E-state index is 8.11. The molecule has 0 radical (unpaired) electrons. The number of hydrogen-bond acceptors (Lipinski definition) is 3. The lowest BCUT2D eigenvalue weighted by Crippen LogP contribution is -2.03. The highest BCUT2D eigenvalue weighted by Crippen LogP contribution is 2.04. The van der Waals surface area contributed by atoms with Crippen LogP contribution in [0.1, 0.15) is 20.8 Å². The lowest BCUT2D eigenvalue weighted by atomic mass is 10.5. The fraction of sp³-hybridized carbons (Fsp3) is 0.778. The van der Waals surface area contributed by atoms with Gasteiger partial charge in [-0.1, -0.05) is 6.08 Å². The van der Waals surface area contributed by atoms with E-state index in [1.165, 1.54) is 6.92 Å². The molecule has 0 aromatic heterocycles. The smallest absolute Gasteiger partial charge is 0.0781 e. The molecule has 0 saturated carbocycles. The monoisotopic (exact) mass is 176 g/mol. The van der Waals surface area contributed by atoms with E-state index in [1.54, 1.807) is 6.08 Å². The van der Waals surface area contributed by atoms with Crippen LogP contribution in [0.5, 0.6) is 0 Å². The molecule has 1 heterocycles. The summed E-state index contributed by atoms with van der Waals surface area (Å²) < 4.78 is 4.71. The van der Waals surface area contributed by atoms with Crippen LogP contribution in [0.2, 0.25) is 0 Å². The van der Waals surface area contributed by atoms with Crippen molar-refractivity contribution in [2.75, 3.05) is 13.2 Å². The van der Waals surface area contributed by atoms with Crippen molar-refractivity contribution in [3.8, 4) is 0 Å². The Labute approximate surface area is 74.7 Å². The van der Waals surface area contributed by atoms with Gasteiger partial charge in [-0.15, -0.1) is 6.58 Å². The van der Waals surface area contributed by atoms with Gasteiger partial charge in [0.15, 0.2) is 0 Å². The predicted molar refractivity (Wildman–Crippen MR) is 50.1 cm³/mol. The Hall–Kier alpha value is -0.380. The molecule has 3 heteroatoms. The molecule has 0 aliphatic carbocycles. The molecule has 2 atom stereocenters. The zero-order valence-electron chi connectivity index (χ0n) is 8.16. The van der Waals surface area contributed by atoms with Crippen LogP contribution in [0.3, 0.4) is 0 Å². The van der Waals surface area contributed by atoms with E-state index in [-0.39, 0.29) is 6.61 Å². The molecule has 2 unspecified atom stereocenters. The van der Waals surface area contributed by atoms with E-state index in [4.69, 9.17) is 14.9 Å². The van der Waals surface area contributed by atoms with E-state index in [2.05, 4.69) is 13.5 Å². The summed E-state index contributed by atoms with van der Waals surface area (Å²) in [6.45, 7) is 9.68. The molecule has 0 aromatic carbocycles. The van der Waals surface area contributed by atoms with E-state index >= 15 is 0 Å².